The van der Waals surface area contributed by atoms with Crippen LogP contribution in [0.1, 0.15) is 48.6 Å². The summed E-state index contributed by atoms with van der Waals surface area (Å²) < 4.78 is 0. The van der Waals surface area contributed by atoms with Gasteiger partial charge in [0.25, 0.3) is 0 Å². The van der Waals surface area contributed by atoms with Gasteiger partial charge in [-0.1, -0.05) is 140 Å². The Bertz CT molecular complexity index is 2780. The van der Waals surface area contributed by atoms with E-state index in [0.29, 0.717) is 0 Å². The van der Waals surface area contributed by atoms with E-state index in [1.54, 1.807) is 0 Å². The molecule has 0 bridgehead atoms. The molecule has 3 nitrogen and oxygen atoms in total. The van der Waals surface area contributed by atoms with Gasteiger partial charge in [0.05, 0.1) is 17.1 Å². The highest BCUT2D eigenvalue weighted by atomic mass is 14.9. The summed E-state index contributed by atoms with van der Waals surface area (Å²) >= 11 is 0. The van der Waals surface area contributed by atoms with E-state index in [0.717, 1.165) is 46.9 Å². The van der Waals surface area contributed by atoms with E-state index < -0.39 is 0 Å². The van der Waals surface area contributed by atoms with Crippen LogP contribution in [0.5, 0.6) is 0 Å². The van der Waals surface area contributed by atoms with E-state index in [1.807, 2.05) is 6.20 Å². The minimum absolute atomic E-state index is 0.244. The van der Waals surface area contributed by atoms with Crippen LogP contribution in [0.25, 0.3) is 65.8 Å². The second kappa shape index (κ2) is 12.0. The first-order valence-corrected chi connectivity index (χ1v) is 18.3. The third kappa shape index (κ3) is 4.84. The first kappa shape index (κ1) is 30.6. The van der Waals surface area contributed by atoms with Gasteiger partial charge in [-0.3, -0.25) is 4.98 Å². The summed E-state index contributed by atoms with van der Waals surface area (Å²) in [5.41, 5.74) is 11.5. The number of benzene rings is 6. The quantitative estimate of drug-likeness (QED) is 0.175. The number of fused-ring (bicyclic) bond motifs is 7. The van der Waals surface area contributed by atoms with Crippen molar-refractivity contribution in [3.05, 3.63) is 186 Å². The zero-order valence-corrected chi connectivity index (χ0v) is 29.3. The van der Waals surface area contributed by atoms with Gasteiger partial charge in [0.15, 0.2) is 5.82 Å². The zero-order chi connectivity index (χ0) is 34.8. The van der Waals surface area contributed by atoms with Crippen molar-refractivity contribution in [3.8, 4) is 22.4 Å². The second-order valence-corrected chi connectivity index (χ2v) is 14.7. The van der Waals surface area contributed by atoms with Crippen molar-refractivity contribution in [2.45, 2.75) is 32.1 Å². The summed E-state index contributed by atoms with van der Waals surface area (Å²) in [5, 5.41) is 7.30. The van der Waals surface area contributed by atoms with E-state index in [2.05, 4.69) is 166 Å². The second-order valence-electron chi connectivity index (χ2n) is 14.7. The number of pyridine rings is 1. The van der Waals surface area contributed by atoms with Crippen molar-refractivity contribution in [2.75, 3.05) is 0 Å². The lowest BCUT2D eigenvalue weighted by Gasteiger charge is -2.37. The van der Waals surface area contributed by atoms with Crippen molar-refractivity contribution in [1.82, 2.24) is 15.0 Å². The van der Waals surface area contributed by atoms with Crippen molar-refractivity contribution >= 4 is 43.5 Å². The Morgan fingerprint density at radius 2 is 1.29 bits per heavy atom. The van der Waals surface area contributed by atoms with Crippen LogP contribution in [0.2, 0.25) is 0 Å². The molecule has 3 heteroatoms. The van der Waals surface area contributed by atoms with Gasteiger partial charge in [-0.15, -0.1) is 0 Å². The average Bonchev–Trinajstić information content (AvgIpc) is 3.20. The lowest BCUT2D eigenvalue weighted by Crippen LogP contribution is -2.32. The number of aromatic nitrogens is 3. The molecular weight excluding hydrogens is 631 g/mol. The predicted octanol–water partition coefficient (Wildman–Crippen LogP) is 12.0. The molecule has 10 rings (SSSR count). The molecule has 0 N–H and O–H groups in total. The monoisotopic (exact) mass is 667 g/mol. The fraction of sp³-hybridized carbons (Fsp3) is 0.122. The molecule has 0 saturated heterocycles. The van der Waals surface area contributed by atoms with Crippen LogP contribution in [0.4, 0.5) is 0 Å². The third-order valence-electron chi connectivity index (χ3n) is 11.5. The Hall–Kier alpha value is -6.19. The number of nitrogens with zero attached hydrogens (tertiary/aromatic N) is 3. The Labute approximate surface area is 304 Å². The van der Waals surface area contributed by atoms with Crippen LogP contribution >= 0.6 is 0 Å². The minimum atomic E-state index is -0.362. The molecule has 248 valence electrons. The van der Waals surface area contributed by atoms with Crippen LogP contribution in [-0.4, -0.2) is 15.0 Å². The van der Waals surface area contributed by atoms with Crippen LogP contribution in [0, 0.1) is 5.92 Å². The molecule has 0 amide bonds. The molecule has 2 heterocycles. The van der Waals surface area contributed by atoms with Gasteiger partial charge in [0, 0.05) is 22.6 Å². The number of hydrogen-bond donors (Lipinski definition) is 0. The summed E-state index contributed by atoms with van der Waals surface area (Å²) in [5.74, 6) is 1.05. The van der Waals surface area contributed by atoms with Crippen LogP contribution in [-0.2, 0) is 11.8 Å². The van der Waals surface area contributed by atoms with Crippen LogP contribution in [0.3, 0.4) is 0 Å². The normalized spacial score (nSPS) is 18.2. The topological polar surface area (TPSA) is 38.7 Å². The molecule has 0 fully saturated rings. The molecule has 2 aliphatic carbocycles. The van der Waals surface area contributed by atoms with Gasteiger partial charge in [-0.25, -0.2) is 9.97 Å². The maximum Gasteiger partial charge on any atom is 0.156 e. The van der Waals surface area contributed by atoms with Crippen molar-refractivity contribution in [1.29, 1.82) is 0 Å². The molecule has 0 radical (unpaired) electrons. The fourth-order valence-corrected chi connectivity index (χ4v) is 8.81. The van der Waals surface area contributed by atoms with Crippen molar-refractivity contribution in [2.24, 2.45) is 5.92 Å². The van der Waals surface area contributed by atoms with Gasteiger partial charge in [0.2, 0.25) is 0 Å². The summed E-state index contributed by atoms with van der Waals surface area (Å²) in [6, 6.07) is 50.4. The largest absolute Gasteiger partial charge is 0.256 e. The Balaban J connectivity index is 1.20. The van der Waals surface area contributed by atoms with Crippen molar-refractivity contribution in [3.63, 3.8) is 0 Å². The highest BCUT2D eigenvalue weighted by Crippen LogP contribution is 2.48. The molecule has 8 aromatic rings. The molecular formula is C49H37N3. The third-order valence-corrected chi connectivity index (χ3v) is 11.5. The van der Waals surface area contributed by atoms with Gasteiger partial charge in [0.1, 0.15) is 0 Å². The minimum Gasteiger partial charge on any atom is -0.256 e. The van der Waals surface area contributed by atoms with Crippen LogP contribution < -0.4 is 0 Å². The summed E-state index contributed by atoms with van der Waals surface area (Å²) in [6.07, 6.45) is 8.12. The van der Waals surface area contributed by atoms with E-state index in [1.165, 1.54) is 60.1 Å². The first-order chi connectivity index (χ1) is 25.5. The molecule has 0 saturated carbocycles. The summed E-state index contributed by atoms with van der Waals surface area (Å²) in [4.78, 5) is 15.9. The molecule has 0 spiro atoms. The predicted molar refractivity (Wildman–Crippen MR) is 216 cm³/mol. The highest BCUT2D eigenvalue weighted by molar-refractivity contribution is 6.13. The summed E-state index contributed by atoms with van der Waals surface area (Å²) in [6.45, 7) is 4.68. The zero-order valence-electron chi connectivity index (χ0n) is 29.3. The van der Waals surface area contributed by atoms with E-state index >= 15 is 0 Å². The lowest BCUT2D eigenvalue weighted by atomic mass is 9.67. The smallest absolute Gasteiger partial charge is 0.156 e. The molecule has 0 aliphatic heterocycles. The molecule has 6 aromatic carbocycles. The number of rotatable bonds is 4. The first-order valence-electron chi connectivity index (χ1n) is 18.3. The molecule has 2 unspecified atom stereocenters. The van der Waals surface area contributed by atoms with Gasteiger partial charge in [-0.05, 0) is 104 Å². The van der Waals surface area contributed by atoms with E-state index in [-0.39, 0.29) is 11.3 Å². The lowest BCUT2D eigenvalue weighted by molar-refractivity contribution is 0.541. The maximum absolute atomic E-state index is 5.55. The fourth-order valence-electron chi connectivity index (χ4n) is 8.81. The Morgan fingerprint density at radius 3 is 2.13 bits per heavy atom. The van der Waals surface area contributed by atoms with E-state index in [9.17, 15) is 0 Å². The highest BCUT2D eigenvalue weighted by Gasteiger charge is 2.38. The standard InChI is InChI=1S/C49H37N3/c1-31-27-34(23-24-36(31)47-39-18-8-3-13-32(39)25-26-50-47)48-51-45(43-28-33-14-4-6-16-37(33)40-19-9-10-20-41(40)43)29-46(52-48)49(2)30-35-15-5-7-17-38(35)42-21-11-12-22-44(42)49/h3-26,28-29,31H,27,30H2,1-2H3. The van der Waals surface area contributed by atoms with Gasteiger partial charge < -0.3 is 0 Å². The van der Waals surface area contributed by atoms with Crippen molar-refractivity contribution < 1.29 is 0 Å². The Morgan fingerprint density at radius 1 is 0.596 bits per heavy atom. The Kier molecular flexibility index (Phi) is 7.04. The van der Waals surface area contributed by atoms with E-state index in [4.69, 9.17) is 15.0 Å². The average molecular weight is 668 g/mol. The molecule has 2 atom stereocenters. The molecule has 52 heavy (non-hydrogen) atoms. The number of hydrogen-bond acceptors (Lipinski definition) is 3. The summed E-state index contributed by atoms with van der Waals surface area (Å²) in [7, 11) is 0. The van der Waals surface area contributed by atoms with Gasteiger partial charge in [-0.2, -0.15) is 0 Å². The molecule has 2 aliphatic rings. The molecule has 2 aromatic heterocycles. The number of allylic oxidation sites excluding steroid dienone is 4. The van der Waals surface area contributed by atoms with Gasteiger partial charge >= 0.3 is 0 Å². The van der Waals surface area contributed by atoms with Crippen LogP contribution in [0.15, 0.2) is 158 Å². The maximum atomic E-state index is 5.55. The SMILES string of the molecule is CC1CC(c2nc(-c3cc4ccccc4c4ccccc34)cc(C3(C)Cc4ccccc4-c4ccccc43)n2)=CC=C1c1nccc2ccccc12.